The third-order valence-corrected chi connectivity index (χ3v) is 6.32. The number of anilines is 1. The first kappa shape index (κ1) is 22.7. The van der Waals surface area contributed by atoms with Gasteiger partial charge in [0.2, 0.25) is 0 Å². The lowest BCUT2D eigenvalue weighted by atomic mass is 10.1. The van der Waals surface area contributed by atoms with Gasteiger partial charge >= 0.3 is 6.18 Å². The first-order chi connectivity index (χ1) is 14.5. The average molecular weight is 473 g/mol. The minimum Gasteiger partial charge on any atom is -0.343 e. The number of halogens is 4. The number of benzene rings is 2. The number of carbonyl (C=O) groups is 1. The zero-order valence-electron chi connectivity index (χ0n) is 15.6. The van der Waals surface area contributed by atoms with Crippen molar-refractivity contribution in [3.05, 3.63) is 76.5 Å². The Hall–Kier alpha value is -2.99. The van der Waals surface area contributed by atoms with Gasteiger partial charge in [-0.1, -0.05) is 12.1 Å². The minimum atomic E-state index is -4.55. The number of nitrogens with one attached hydrogen (secondary N) is 2. The minimum absolute atomic E-state index is 0.0957. The maximum atomic E-state index is 13.3. The van der Waals surface area contributed by atoms with Gasteiger partial charge in [-0.25, -0.2) is 17.8 Å². The molecule has 12 heteroatoms. The van der Waals surface area contributed by atoms with Crippen LogP contribution < -0.4 is 10.0 Å². The Kier molecular flexibility index (Phi) is 6.60. The highest BCUT2D eigenvalue weighted by Crippen LogP contribution is 2.24. The molecule has 3 rings (SSSR count). The zero-order chi connectivity index (χ0) is 22.6. The van der Waals surface area contributed by atoms with Gasteiger partial charge < -0.3 is 5.32 Å². The number of alkyl halides is 3. The predicted octanol–water partition coefficient (Wildman–Crippen LogP) is 3.97. The van der Waals surface area contributed by atoms with E-state index in [0.717, 1.165) is 35.6 Å². The SMILES string of the molecule is O=C(NCC(F)(F)F)c1ccc(S(=O)(=O)Nc2ncc(Cc3cccc(F)c3)s2)cc1. The predicted molar refractivity (Wildman–Crippen MR) is 107 cm³/mol. The molecule has 0 saturated heterocycles. The molecule has 6 nitrogen and oxygen atoms in total. The molecular formula is C19H15F4N3O3S2. The normalized spacial score (nSPS) is 11.9. The summed E-state index contributed by atoms with van der Waals surface area (Å²) in [5, 5.41) is 1.80. The van der Waals surface area contributed by atoms with E-state index in [9.17, 15) is 30.8 Å². The van der Waals surface area contributed by atoms with Crippen molar-refractivity contribution < 1.29 is 30.8 Å². The Balaban J connectivity index is 1.65. The lowest BCUT2D eigenvalue weighted by molar-refractivity contribution is -0.123. The molecule has 0 bridgehead atoms. The Labute approximate surface area is 179 Å². The molecule has 0 radical (unpaired) electrons. The molecule has 0 aliphatic heterocycles. The molecule has 0 atom stereocenters. The van der Waals surface area contributed by atoms with Crippen molar-refractivity contribution >= 4 is 32.4 Å². The summed E-state index contributed by atoms with van der Waals surface area (Å²) in [6.07, 6.45) is -2.70. The maximum absolute atomic E-state index is 13.3. The molecule has 164 valence electrons. The lowest BCUT2D eigenvalue weighted by Crippen LogP contribution is -2.33. The fourth-order valence-electron chi connectivity index (χ4n) is 2.53. The van der Waals surface area contributed by atoms with E-state index in [1.165, 1.54) is 18.3 Å². The first-order valence-corrected chi connectivity index (χ1v) is 11.0. The molecular weight excluding hydrogens is 458 g/mol. The van der Waals surface area contributed by atoms with Crippen LogP contribution in [-0.2, 0) is 16.4 Å². The molecule has 1 heterocycles. The molecule has 2 N–H and O–H groups in total. The second-order valence-electron chi connectivity index (χ2n) is 6.37. The summed E-state index contributed by atoms with van der Waals surface area (Å²) in [6, 6.07) is 10.4. The summed E-state index contributed by atoms with van der Waals surface area (Å²) in [7, 11) is -4.03. The highest BCUT2D eigenvalue weighted by Gasteiger charge is 2.28. The zero-order valence-corrected chi connectivity index (χ0v) is 17.2. The van der Waals surface area contributed by atoms with Crippen LogP contribution in [0, 0.1) is 5.82 Å². The van der Waals surface area contributed by atoms with Gasteiger partial charge in [-0.15, -0.1) is 11.3 Å². The van der Waals surface area contributed by atoms with Crippen LogP contribution in [0.3, 0.4) is 0 Å². The number of nitrogens with zero attached hydrogens (tertiary/aromatic N) is 1. The number of thiazole rings is 1. The molecule has 0 unspecified atom stereocenters. The van der Waals surface area contributed by atoms with Crippen molar-refractivity contribution in [2.45, 2.75) is 17.5 Å². The molecule has 0 aliphatic carbocycles. The van der Waals surface area contributed by atoms with Gasteiger partial charge in [0.25, 0.3) is 15.9 Å². The van der Waals surface area contributed by atoms with E-state index in [4.69, 9.17) is 0 Å². The van der Waals surface area contributed by atoms with Crippen LogP contribution in [-0.4, -0.2) is 32.0 Å². The summed E-state index contributed by atoms with van der Waals surface area (Å²) in [6.45, 7) is -1.49. The molecule has 1 amide bonds. The molecule has 0 fully saturated rings. The van der Waals surface area contributed by atoms with Gasteiger partial charge in [-0.3, -0.25) is 9.52 Å². The van der Waals surface area contributed by atoms with E-state index < -0.39 is 28.7 Å². The summed E-state index contributed by atoms with van der Waals surface area (Å²) < 4.78 is 77.1. The van der Waals surface area contributed by atoms with Gasteiger partial charge in [0, 0.05) is 23.1 Å². The van der Waals surface area contributed by atoms with Gasteiger partial charge in [-0.2, -0.15) is 13.2 Å². The Morgan fingerprint density at radius 3 is 2.45 bits per heavy atom. The molecule has 2 aromatic carbocycles. The van der Waals surface area contributed by atoms with Crippen LogP contribution in [0.4, 0.5) is 22.7 Å². The summed E-state index contributed by atoms with van der Waals surface area (Å²) in [4.78, 5) is 16.2. The third kappa shape index (κ3) is 6.49. The third-order valence-electron chi connectivity index (χ3n) is 3.92. The van der Waals surface area contributed by atoms with Crippen LogP contribution in [0.5, 0.6) is 0 Å². The second-order valence-corrected chi connectivity index (χ2v) is 9.16. The lowest BCUT2D eigenvalue weighted by Gasteiger charge is -2.09. The van der Waals surface area contributed by atoms with Crippen molar-refractivity contribution in [1.82, 2.24) is 10.3 Å². The summed E-state index contributed by atoms with van der Waals surface area (Å²) >= 11 is 1.08. The topological polar surface area (TPSA) is 88.2 Å². The highest BCUT2D eigenvalue weighted by molar-refractivity contribution is 7.93. The second kappa shape index (κ2) is 9.02. The fraction of sp³-hybridized carbons (Fsp3) is 0.158. The van der Waals surface area contributed by atoms with Crippen LogP contribution in [0.1, 0.15) is 20.8 Å². The number of hydrogen-bond acceptors (Lipinski definition) is 5. The summed E-state index contributed by atoms with van der Waals surface area (Å²) in [5.41, 5.74) is 0.590. The van der Waals surface area contributed by atoms with Gasteiger partial charge in [0.15, 0.2) is 5.13 Å². The standard InChI is InChI=1S/C19H15F4N3O3S2/c20-14-3-1-2-12(8-14)9-15-10-24-18(30-15)26-31(28,29)16-6-4-13(5-7-16)17(27)25-11-19(21,22)23/h1-8,10H,9,11H2,(H,24,26)(H,25,27). The van der Waals surface area contributed by atoms with Crippen molar-refractivity contribution in [3.8, 4) is 0 Å². The Morgan fingerprint density at radius 1 is 1.10 bits per heavy atom. The van der Waals surface area contributed by atoms with Crippen molar-refractivity contribution in [1.29, 1.82) is 0 Å². The average Bonchev–Trinajstić information content (AvgIpc) is 3.11. The van der Waals surface area contributed by atoms with E-state index in [-0.39, 0.29) is 21.4 Å². The van der Waals surface area contributed by atoms with E-state index in [2.05, 4.69) is 9.71 Å². The Bertz CT molecular complexity index is 1180. The number of carbonyl (C=O) groups excluding carboxylic acids is 1. The molecule has 0 aliphatic rings. The van der Waals surface area contributed by atoms with Crippen molar-refractivity contribution in [2.75, 3.05) is 11.3 Å². The van der Waals surface area contributed by atoms with Crippen molar-refractivity contribution in [2.24, 2.45) is 0 Å². The quantitative estimate of drug-likeness (QED) is 0.509. The van der Waals surface area contributed by atoms with E-state index in [1.54, 1.807) is 17.4 Å². The van der Waals surface area contributed by atoms with Gasteiger partial charge in [0.05, 0.1) is 4.90 Å². The fourth-order valence-corrected chi connectivity index (χ4v) is 4.62. The smallest absolute Gasteiger partial charge is 0.343 e. The number of sulfonamides is 1. The number of hydrogen-bond donors (Lipinski definition) is 2. The summed E-state index contributed by atoms with van der Waals surface area (Å²) in [5.74, 6) is -1.35. The highest BCUT2D eigenvalue weighted by atomic mass is 32.2. The molecule has 31 heavy (non-hydrogen) atoms. The molecule has 0 spiro atoms. The van der Waals surface area contributed by atoms with Crippen LogP contribution >= 0.6 is 11.3 Å². The molecule has 3 aromatic rings. The first-order valence-electron chi connectivity index (χ1n) is 8.69. The largest absolute Gasteiger partial charge is 0.405 e. The van der Waals surface area contributed by atoms with Gasteiger partial charge in [0.1, 0.15) is 12.4 Å². The maximum Gasteiger partial charge on any atom is 0.405 e. The van der Waals surface area contributed by atoms with Crippen molar-refractivity contribution in [3.63, 3.8) is 0 Å². The number of amides is 1. The molecule has 0 saturated carbocycles. The van der Waals surface area contributed by atoms with E-state index in [1.807, 2.05) is 0 Å². The van der Waals surface area contributed by atoms with E-state index >= 15 is 0 Å². The van der Waals surface area contributed by atoms with Gasteiger partial charge in [-0.05, 0) is 42.0 Å². The number of aromatic nitrogens is 1. The number of rotatable bonds is 7. The van der Waals surface area contributed by atoms with Crippen LogP contribution in [0.2, 0.25) is 0 Å². The van der Waals surface area contributed by atoms with Crippen LogP contribution in [0.15, 0.2) is 59.6 Å². The van der Waals surface area contributed by atoms with Crippen LogP contribution in [0.25, 0.3) is 0 Å². The Morgan fingerprint density at radius 2 is 1.81 bits per heavy atom. The van der Waals surface area contributed by atoms with E-state index in [0.29, 0.717) is 16.9 Å². The molecule has 1 aromatic heterocycles. The monoisotopic (exact) mass is 473 g/mol.